The Hall–Kier alpha value is -1.96. The predicted octanol–water partition coefficient (Wildman–Crippen LogP) is 3.80. The first-order chi connectivity index (χ1) is 9.10. The topological polar surface area (TPSA) is 69.4 Å². The summed E-state index contributed by atoms with van der Waals surface area (Å²) in [6.45, 7) is 0. The zero-order chi connectivity index (χ0) is 13.8. The highest BCUT2D eigenvalue weighted by atomic mass is 127. The Morgan fingerprint density at radius 1 is 1.16 bits per heavy atom. The Morgan fingerprint density at radius 2 is 1.84 bits per heavy atom. The van der Waals surface area contributed by atoms with Crippen molar-refractivity contribution in [3.8, 4) is 11.5 Å². The van der Waals surface area contributed by atoms with Gasteiger partial charge < -0.3 is 4.74 Å². The third-order valence-corrected chi connectivity index (χ3v) is 3.08. The number of nitro groups is 1. The van der Waals surface area contributed by atoms with Gasteiger partial charge in [0.25, 0.3) is 0 Å². The third-order valence-electron chi connectivity index (χ3n) is 2.36. The van der Waals surface area contributed by atoms with Crippen LogP contribution in [0.4, 0.5) is 5.69 Å². The largest absolute Gasteiger partial charge is 0.450 e. The molecule has 5 nitrogen and oxygen atoms in total. The summed E-state index contributed by atoms with van der Waals surface area (Å²) in [6.07, 6.45) is 0.557. The normalized spacial score (nSPS) is 9.95. The zero-order valence-electron chi connectivity index (χ0n) is 9.58. The Balaban J connectivity index is 2.36. The fourth-order valence-corrected chi connectivity index (χ4v) is 1.83. The molecule has 2 rings (SSSR count). The highest BCUT2D eigenvalue weighted by molar-refractivity contribution is 14.1. The fraction of sp³-hybridized carbons (Fsp3) is 0. The number of hydrogen-bond donors (Lipinski definition) is 0. The molecule has 0 unspecified atom stereocenters. The second-order valence-electron chi connectivity index (χ2n) is 3.66. The molecule has 0 radical (unpaired) electrons. The van der Waals surface area contributed by atoms with E-state index in [0.29, 0.717) is 12.0 Å². The molecule has 6 heteroatoms. The van der Waals surface area contributed by atoms with E-state index in [1.807, 2.05) is 12.1 Å². The number of carbonyl (C=O) groups is 1. The number of aldehydes is 1. The Kier molecular flexibility index (Phi) is 4.10. The van der Waals surface area contributed by atoms with Crippen molar-refractivity contribution in [2.45, 2.75) is 0 Å². The SMILES string of the molecule is O=Cc1ccc(Oc2ccc(I)cc2)c([N+](=O)[O-])c1. The summed E-state index contributed by atoms with van der Waals surface area (Å²) in [4.78, 5) is 21.0. The van der Waals surface area contributed by atoms with Gasteiger partial charge in [0.05, 0.1) is 4.92 Å². The van der Waals surface area contributed by atoms with E-state index in [1.165, 1.54) is 18.2 Å². The van der Waals surface area contributed by atoms with Crippen LogP contribution in [0, 0.1) is 13.7 Å². The molecule has 2 aromatic rings. The Bertz CT molecular complexity index is 625. The molecule has 0 heterocycles. The lowest BCUT2D eigenvalue weighted by molar-refractivity contribution is -0.385. The maximum absolute atomic E-state index is 10.9. The molecular weight excluding hydrogens is 361 g/mol. The van der Waals surface area contributed by atoms with Crippen LogP contribution in [-0.2, 0) is 0 Å². The van der Waals surface area contributed by atoms with Crippen molar-refractivity contribution in [2.24, 2.45) is 0 Å². The molecule has 0 aromatic heterocycles. The fourth-order valence-electron chi connectivity index (χ4n) is 1.47. The maximum atomic E-state index is 10.9. The highest BCUT2D eigenvalue weighted by Gasteiger charge is 2.16. The van der Waals surface area contributed by atoms with Gasteiger partial charge in [0.15, 0.2) is 0 Å². The van der Waals surface area contributed by atoms with Crippen molar-refractivity contribution in [3.05, 3.63) is 61.7 Å². The minimum absolute atomic E-state index is 0.108. The van der Waals surface area contributed by atoms with Crippen molar-refractivity contribution in [1.29, 1.82) is 0 Å². The molecule has 0 saturated carbocycles. The lowest BCUT2D eigenvalue weighted by Gasteiger charge is -2.06. The van der Waals surface area contributed by atoms with Crippen molar-refractivity contribution in [2.75, 3.05) is 0 Å². The number of carbonyl (C=O) groups excluding carboxylic acids is 1. The second kappa shape index (κ2) is 5.79. The number of ether oxygens (including phenoxy) is 1. The quantitative estimate of drug-likeness (QED) is 0.356. The van der Waals surface area contributed by atoms with Crippen LogP contribution in [0.25, 0.3) is 0 Å². The minimum Gasteiger partial charge on any atom is -0.450 e. The minimum atomic E-state index is -0.574. The lowest BCUT2D eigenvalue weighted by Crippen LogP contribution is -1.95. The Morgan fingerprint density at radius 3 is 2.42 bits per heavy atom. The average molecular weight is 369 g/mol. The molecule has 0 fully saturated rings. The van der Waals surface area contributed by atoms with Crippen LogP contribution in [0.3, 0.4) is 0 Å². The molecule has 0 aliphatic heterocycles. The maximum Gasteiger partial charge on any atom is 0.312 e. The summed E-state index contributed by atoms with van der Waals surface area (Å²) >= 11 is 2.15. The smallest absolute Gasteiger partial charge is 0.312 e. The number of rotatable bonds is 4. The standard InChI is InChI=1S/C13H8INO4/c14-10-2-4-11(5-3-10)19-13-6-1-9(8-16)7-12(13)15(17)18/h1-8H. The monoisotopic (exact) mass is 369 g/mol. The highest BCUT2D eigenvalue weighted by Crippen LogP contribution is 2.32. The van der Waals surface area contributed by atoms with Crippen LogP contribution in [0.15, 0.2) is 42.5 Å². The summed E-state index contributed by atoms with van der Waals surface area (Å²) in [5, 5.41) is 10.9. The number of nitrogens with zero attached hydrogens (tertiary/aromatic N) is 1. The first-order valence-electron chi connectivity index (χ1n) is 5.27. The molecule has 2 aromatic carbocycles. The van der Waals surface area contributed by atoms with Gasteiger partial charge in [-0.2, -0.15) is 0 Å². The van der Waals surface area contributed by atoms with Gasteiger partial charge in [-0.05, 0) is 59.0 Å². The van der Waals surface area contributed by atoms with Crippen molar-refractivity contribution < 1.29 is 14.5 Å². The second-order valence-corrected chi connectivity index (χ2v) is 4.90. The van der Waals surface area contributed by atoms with E-state index in [4.69, 9.17) is 4.74 Å². The molecule has 0 aliphatic carbocycles. The van der Waals surface area contributed by atoms with Crippen LogP contribution < -0.4 is 4.74 Å². The van der Waals surface area contributed by atoms with Crippen LogP contribution >= 0.6 is 22.6 Å². The molecular formula is C13H8INO4. The van der Waals surface area contributed by atoms with Crippen molar-refractivity contribution in [1.82, 2.24) is 0 Å². The van der Waals surface area contributed by atoms with E-state index >= 15 is 0 Å². The van der Waals surface area contributed by atoms with Crippen LogP contribution in [0.2, 0.25) is 0 Å². The number of halogens is 1. The summed E-state index contributed by atoms with van der Waals surface area (Å²) in [6, 6.07) is 11.2. The summed E-state index contributed by atoms with van der Waals surface area (Å²) < 4.78 is 6.50. The molecule has 19 heavy (non-hydrogen) atoms. The van der Waals surface area contributed by atoms with Gasteiger partial charge in [-0.1, -0.05) is 0 Å². The van der Waals surface area contributed by atoms with Gasteiger partial charge in [-0.15, -0.1) is 0 Å². The van der Waals surface area contributed by atoms with Gasteiger partial charge in [-0.3, -0.25) is 14.9 Å². The summed E-state index contributed by atoms with van der Waals surface area (Å²) in [7, 11) is 0. The average Bonchev–Trinajstić information content (AvgIpc) is 2.41. The van der Waals surface area contributed by atoms with Gasteiger partial charge in [0.2, 0.25) is 5.75 Å². The van der Waals surface area contributed by atoms with Crippen molar-refractivity contribution in [3.63, 3.8) is 0 Å². The number of hydrogen-bond acceptors (Lipinski definition) is 4. The van der Waals surface area contributed by atoms with Gasteiger partial charge in [0, 0.05) is 15.2 Å². The number of benzene rings is 2. The Labute approximate surface area is 122 Å². The van der Waals surface area contributed by atoms with Crippen LogP contribution in [-0.4, -0.2) is 11.2 Å². The molecule has 96 valence electrons. The molecule has 0 amide bonds. The molecule has 0 aliphatic rings. The molecule has 0 saturated heterocycles. The van der Waals surface area contributed by atoms with E-state index in [2.05, 4.69) is 22.6 Å². The molecule has 0 bridgehead atoms. The first kappa shape index (κ1) is 13.5. The molecule has 0 N–H and O–H groups in total. The molecule has 0 atom stereocenters. The van der Waals surface area contributed by atoms with E-state index in [9.17, 15) is 14.9 Å². The lowest BCUT2D eigenvalue weighted by atomic mass is 10.2. The van der Waals surface area contributed by atoms with Gasteiger partial charge in [0.1, 0.15) is 12.0 Å². The first-order valence-corrected chi connectivity index (χ1v) is 6.35. The van der Waals surface area contributed by atoms with Crippen LogP contribution in [0.5, 0.6) is 11.5 Å². The summed E-state index contributed by atoms with van der Waals surface area (Å²) in [5.41, 5.74) is 0.00445. The van der Waals surface area contributed by atoms with E-state index in [-0.39, 0.29) is 17.0 Å². The van der Waals surface area contributed by atoms with Crippen LogP contribution in [0.1, 0.15) is 10.4 Å². The third kappa shape index (κ3) is 3.28. The van der Waals surface area contributed by atoms with E-state index in [0.717, 1.165) is 3.57 Å². The van der Waals surface area contributed by atoms with E-state index < -0.39 is 4.92 Å². The van der Waals surface area contributed by atoms with Gasteiger partial charge >= 0.3 is 5.69 Å². The van der Waals surface area contributed by atoms with Gasteiger partial charge in [-0.25, -0.2) is 0 Å². The van der Waals surface area contributed by atoms with Crippen molar-refractivity contribution >= 4 is 34.6 Å². The summed E-state index contributed by atoms with van der Waals surface area (Å²) in [5.74, 6) is 0.610. The zero-order valence-corrected chi connectivity index (χ0v) is 11.7. The predicted molar refractivity (Wildman–Crippen MR) is 77.7 cm³/mol. The number of nitro benzene ring substituents is 1. The van der Waals surface area contributed by atoms with E-state index in [1.54, 1.807) is 12.1 Å². The molecule has 0 spiro atoms.